The van der Waals surface area contributed by atoms with Crippen LogP contribution in [0.5, 0.6) is 0 Å². The molecule has 6 heteroatoms. The number of hydrogen-bond donors (Lipinski definition) is 0. The minimum Gasteiger partial charge on any atom is -0.370 e. The molecule has 0 aromatic carbocycles. The van der Waals surface area contributed by atoms with Crippen LogP contribution in [0.1, 0.15) is 31.4 Å². The van der Waals surface area contributed by atoms with E-state index in [1.54, 1.807) is 12.5 Å². The molecule has 0 unspecified atom stereocenters. The maximum absolute atomic E-state index is 6.30. The second-order valence-electron chi connectivity index (χ2n) is 6.70. The summed E-state index contributed by atoms with van der Waals surface area (Å²) >= 11 is 6.30. The molecule has 126 valence electrons. The van der Waals surface area contributed by atoms with E-state index in [0.29, 0.717) is 12.1 Å². The van der Waals surface area contributed by atoms with Crippen molar-refractivity contribution in [2.45, 2.75) is 44.7 Å². The zero-order valence-electron chi connectivity index (χ0n) is 13.9. The molecule has 24 heavy (non-hydrogen) atoms. The van der Waals surface area contributed by atoms with Gasteiger partial charge in [0.2, 0.25) is 0 Å². The van der Waals surface area contributed by atoms with Gasteiger partial charge in [-0.05, 0) is 38.7 Å². The quantitative estimate of drug-likeness (QED) is 0.850. The summed E-state index contributed by atoms with van der Waals surface area (Å²) in [6.45, 7) is 4.06. The summed E-state index contributed by atoms with van der Waals surface area (Å²) in [5, 5.41) is 0.737. The molecule has 5 nitrogen and oxygen atoms in total. The lowest BCUT2D eigenvalue weighted by atomic mass is 10.0. The maximum Gasteiger partial charge on any atom is 0.132 e. The highest BCUT2D eigenvalue weighted by atomic mass is 35.5. The van der Waals surface area contributed by atoms with E-state index in [2.05, 4.69) is 30.8 Å². The normalized spacial score (nSPS) is 18.7. The standard InChI is InChI=1S/C18H22ClN5/c1-13-10-18(22-12-21-13)24(14-2-3-14)15-5-8-23(9-6-15)17-4-7-20-11-16(17)19/h4,7,10-12,14-15H,2-3,5-6,8-9H2,1H3. The number of nitrogens with zero attached hydrogens (tertiary/aromatic N) is 5. The number of rotatable bonds is 4. The van der Waals surface area contributed by atoms with Crippen LogP contribution in [0.25, 0.3) is 0 Å². The minimum absolute atomic E-state index is 0.545. The Hall–Kier alpha value is -1.88. The molecule has 1 aliphatic heterocycles. The lowest BCUT2D eigenvalue weighted by Crippen LogP contribution is -2.46. The molecule has 0 spiro atoms. The van der Waals surface area contributed by atoms with Gasteiger partial charge in [0, 0.05) is 49.3 Å². The lowest BCUT2D eigenvalue weighted by molar-refractivity contribution is 0.459. The highest BCUT2D eigenvalue weighted by Crippen LogP contribution is 2.36. The SMILES string of the molecule is Cc1cc(N(C2CC2)C2CCN(c3ccncc3Cl)CC2)ncn1. The van der Waals surface area contributed by atoms with Crippen molar-refractivity contribution in [2.24, 2.45) is 0 Å². The molecule has 0 atom stereocenters. The van der Waals surface area contributed by atoms with E-state index in [4.69, 9.17) is 11.6 Å². The fourth-order valence-electron chi connectivity index (χ4n) is 3.62. The van der Waals surface area contributed by atoms with Crippen LogP contribution in [0.2, 0.25) is 5.02 Å². The zero-order chi connectivity index (χ0) is 16.5. The predicted molar refractivity (Wildman–Crippen MR) is 96.8 cm³/mol. The first kappa shape index (κ1) is 15.6. The van der Waals surface area contributed by atoms with Crippen LogP contribution in [-0.2, 0) is 0 Å². The Labute approximate surface area is 147 Å². The Bertz CT molecular complexity index is 710. The number of anilines is 2. The van der Waals surface area contributed by atoms with Gasteiger partial charge < -0.3 is 9.80 Å². The molecule has 3 heterocycles. The average molecular weight is 344 g/mol. The number of piperidine rings is 1. The van der Waals surface area contributed by atoms with Crippen molar-refractivity contribution in [3.05, 3.63) is 41.6 Å². The van der Waals surface area contributed by atoms with E-state index in [-0.39, 0.29) is 0 Å². The second-order valence-corrected chi connectivity index (χ2v) is 7.11. The van der Waals surface area contributed by atoms with Crippen molar-refractivity contribution in [2.75, 3.05) is 22.9 Å². The molecule has 0 radical (unpaired) electrons. The van der Waals surface area contributed by atoms with E-state index >= 15 is 0 Å². The minimum atomic E-state index is 0.545. The summed E-state index contributed by atoms with van der Waals surface area (Å²) in [4.78, 5) is 17.8. The van der Waals surface area contributed by atoms with Gasteiger partial charge >= 0.3 is 0 Å². The number of pyridine rings is 1. The van der Waals surface area contributed by atoms with E-state index in [9.17, 15) is 0 Å². The van der Waals surface area contributed by atoms with Crippen molar-refractivity contribution < 1.29 is 0 Å². The van der Waals surface area contributed by atoms with Gasteiger partial charge in [-0.2, -0.15) is 0 Å². The van der Waals surface area contributed by atoms with Crippen molar-refractivity contribution >= 4 is 23.1 Å². The maximum atomic E-state index is 6.30. The Balaban J connectivity index is 1.49. The van der Waals surface area contributed by atoms with Crippen molar-refractivity contribution in [3.8, 4) is 0 Å². The molecule has 0 N–H and O–H groups in total. The zero-order valence-corrected chi connectivity index (χ0v) is 14.7. The first-order chi connectivity index (χ1) is 11.7. The molecule has 1 aliphatic carbocycles. The van der Waals surface area contributed by atoms with Crippen LogP contribution in [0.4, 0.5) is 11.5 Å². The molecule has 0 amide bonds. The molecule has 4 rings (SSSR count). The molecular formula is C18H22ClN5. The third-order valence-corrected chi connectivity index (χ3v) is 5.23. The van der Waals surface area contributed by atoms with Gasteiger partial charge in [-0.15, -0.1) is 0 Å². The van der Waals surface area contributed by atoms with Crippen LogP contribution >= 0.6 is 11.6 Å². The topological polar surface area (TPSA) is 45.2 Å². The smallest absolute Gasteiger partial charge is 0.132 e. The number of aryl methyl sites for hydroxylation is 1. The third-order valence-electron chi connectivity index (χ3n) is 4.94. The molecule has 2 aliphatic rings. The van der Waals surface area contributed by atoms with Gasteiger partial charge in [0.05, 0.1) is 10.7 Å². The van der Waals surface area contributed by atoms with Crippen LogP contribution in [-0.4, -0.2) is 40.1 Å². The van der Waals surface area contributed by atoms with E-state index < -0.39 is 0 Å². The fraction of sp³-hybridized carbons (Fsp3) is 0.500. The summed E-state index contributed by atoms with van der Waals surface area (Å²) in [6, 6.07) is 5.32. The van der Waals surface area contributed by atoms with Crippen LogP contribution in [0.15, 0.2) is 30.9 Å². The van der Waals surface area contributed by atoms with E-state index in [1.165, 1.54) is 12.8 Å². The van der Waals surface area contributed by atoms with Crippen LogP contribution < -0.4 is 9.80 Å². The van der Waals surface area contributed by atoms with Crippen LogP contribution in [0, 0.1) is 6.92 Å². The lowest BCUT2D eigenvalue weighted by Gasteiger charge is -2.40. The van der Waals surface area contributed by atoms with Gasteiger partial charge in [0.25, 0.3) is 0 Å². The monoisotopic (exact) mass is 343 g/mol. The molecule has 1 saturated heterocycles. The van der Waals surface area contributed by atoms with Gasteiger partial charge in [-0.3, -0.25) is 4.98 Å². The third kappa shape index (κ3) is 3.18. The second kappa shape index (κ2) is 6.55. The summed E-state index contributed by atoms with van der Waals surface area (Å²) in [5.41, 5.74) is 2.13. The van der Waals surface area contributed by atoms with Crippen molar-refractivity contribution in [1.29, 1.82) is 0 Å². The summed E-state index contributed by atoms with van der Waals surface area (Å²) in [5.74, 6) is 1.09. The predicted octanol–water partition coefficient (Wildman–Crippen LogP) is 3.47. The number of halogens is 1. The summed E-state index contributed by atoms with van der Waals surface area (Å²) in [7, 11) is 0. The Morgan fingerprint density at radius 2 is 1.88 bits per heavy atom. The molecule has 0 bridgehead atoms. The highest BCUT2D eigenvalue weighted by Gasteiger charge is 2.36. The molecule has 2 fully saturated rings. The fourth-order valence-corrected chi connectivity index (χ4v) is 3.85. The Morgan fingerprint density at radius 1 is 1.12 bits per heavy atom. The highest BCUT2D eigenvalue weighted by molar-refractivity contribution is 6.33. The summed E-state index contributed by atoms with van der Waals surface area (Å²) < 4.78 is 0. The van der Waals surface area contributed by atoms with Gasteiger partial charge in [0.15, 0.2) is 0 Å². The largest absolute Gasteiger partial charge is 0.370 e. The van der Waals surface area contributed by atoms with Gasteiger partial charge in [-0.25, -0.2) is 9.97 Å². The van der Waals surface area contributed by atoms with Gasteiger partial charge in [-0.1, -0.05) is 11.6 Å². The number of hydrogen-bond acceptors (Lipinski definition) is 5. The van der Waals surface area contributed by atoms with Gasteiger partial charge in [0.1, 0.15) is 12.1 Å². The average Bonchev–Trinajstić information content (AvgIpc) is 3.41. The Kier molecular flexibility index (Phi) is 4.27. The van der Waals surface area contributed by atoms with Crippen molar-refractivity contribution in [1.82, 2.24) is 15.0 Å². The Morgan fingerprint density at radius 3 is 2.54 bits per heavy atom. The van der Waals surface area contributed by atoms with E-state index in [0.717, 1.165) is 48.2 Å². The number of aromatic nitrogens is 3. The molecular weight excluding hydrogens is 322 g/mol. The molecule has 2 aromatic heterocycles. The molecule has 1 saturated carbocycles. The van der Waals surface area contributed by atoms with E-state index in [1.807, 2.05) is 19.2 Å². The summed E-state index contributed by atoms with van der Waals surface area (Å²) in [6.07, 6.45) is 10.0. The first-order valence-electron chi connectivity index (χ1n) is 8.64. The first-order valence-corrected chi connectivity index (χ1v) is 9.01. The van der Waals surface area contributed by atoms with Crippen LogP contribution in [0.3, 0.4) is 0 Å². The van der Waals surface area contributed by atoms with Crippen molar-refractivity contribution in [3.63, 3.8) is 0 Å². The molecule has 2 aromatic rings.